The second-order valence-electron chi connectivity index (χ2n) is 3.02. The summed E-state index contributed by atoms with van der Waals surface area (Å²) < 4.78 is 1.94. The third-order valence-electron chi connectivity index (χ3n) is 2.18. The van der Waals surface area contributed by atoms with Crippen LogP contribution >= 0.6 is 23.4 Å². The topological polar surface area (TPSA) is 30.7 Å². The van der Waals surface area contributed by atoms with Crippen LogP contribution in [0.3, 0.4) is 0 Å². The molecule has 0 unspecified atom stereocenters. The van der Waals surface area contributed by atoms with E-state index in [0.717, 1.165) is 21.6 Å². The van der Waals surface area contributed by atoms with E-state index in [-0.39, 0.29) is 0 Å². The van der Waals surface area contributed by atoms with Gasteiger partial charge in [-0.25, -0.2) is 0 Å². The summed E-state index contributed by atoms with van der Waals surface area (Å²) in [5, 5.41) is 9.55. The Bertz CT molecular complexity index is 495. The molecule has 0 bridgehead atoms. The van der Waals surface area contributed by atoms with Gasteiger partial charge in [-0.05, 0) is 11.6 Å². The lowest BCUT2D eigenvalue weighted by atomic mass is 10.2. The van der Waals surface area contributed by atoms with Crippen molar-refractivity contribution >= 4 is 23.4 Å². The van der Waals surface area contributed by atoms with Gasteiger partial charge in [-0.1, -0.05) is 35.5 Å². The molecule has 0 spiro atoms. The molecule has 0 N–H and O–H groups in total. The quantitative estimate of drug-likeness (QED) is 0.688. The Morgan fingerprint density at radius 3 is 3.29 bits per heavy atom. The Labute approximate surface area is 90.1 Å². The summed E-state index contributed by atoms with van der Waals surface area (Å²) in [6.45, 7) is 0. The monoisotopic (exact) mass is 223 g/mol. The van der Waals surface area contributed by atoms with Crippen LogP contribution < -0.4 is 0 Å². The van der Waals surface area contributed by atoms with Gasteiger partial charge in [-0.3, -0.25) is 4.57 Å². The maximum atomic E-state index is 6.14. The first-order valence-electron chi connectivity index (χ1n) is 4.17. The van der Waals surface area contributed by atoms with Crippen molar-refractivity contribution in [1.82, 2.24) is 14.8 Å². The first kappa shape index (κ1) is 8.32. The van der Waals surface area contributed by atoms with Gasteiger partial charge < -0.3 is 0 Å². The zero-order chi connectivity index (χ0) is 9.54. The fraction of sp³-hybridized carbons (Fsp3) is 0.111. The van der Waals surface area contributed by atoms with E-state index in [1.807, 2.05) is 16.7 Å². The first-order valence-corrected chi connectivity index (χ1v) is 5.53. The molecule has 0 saturated heterocycles. The highest BCUT2D eigenvalue weighted by Gasteiger charge is 2.19. The van der Waals surface area contributed by atoms with Crippen LogP contribution in [-0.4, -0.2) is 14.8 Å². The minimum Gasteiger partial charge on any atom is -0.275 e. The largest absolute Gasteiger partial charge is 0.275 e. The molecule has 0 aliphatic carbocycles. The highest BCUT2D eigenvalue weighted by molar-refractivity contribution is 7.98. The van der Waals surface area contributed by atoms with Crippen molar-refractivity contribution in [2.24, 2.45) is 0 Å². The van der Waals surface area contributed by atoms with Gasteiger partial charge in [0.2, 0.25) is 0 Å². The predicted molar refractivity (Wildman–Crippen MR) is 55.9 cm³/mol. The van der Waals surface area contributed by atoms with Gasteiger partial charge in [-0.15, -0.1) is 10.2 Å². The average Bonchev–Trinajstić information content (AvgIpc) is 2.65. The fourth-order valence-electron chi connectivity index (χ4n) is 1.56. The maximum Gasteiger partial charge on any atom is 0.195 e. The molecule has 1 aliphatic heterocycles. The SMILES string of the molecule is Clc1cccc2c1-n1cnnc1SC2. The van der Waals surface area contributed by atoms with Crippen LogP contribution in [0, 0.1) is 0 Å². The number of para-hydroxylation sites is 1. The van der Waals surface area contributed by atoms with E-state index in [2.05, 4.69) is 16.3 Å². The average molecular weight is 224 g/mol. The minimum absolute atomic E-state index is 0.754. The van der Waals surface area contributed by atoms with E-state index in [4.69, 9.17) is 11.6 Å². The van der Waals surface area contributed by atoms with Crippen LogP contribution in [-0.2, 0) is 5.75 Å². The highest BCUT2D eigenvalue weighted by atomic mass is 35.5. The zero-order valence-corrected chi connectivity index (χ0v) is 8.72. The summed E-state index contributed by atoms with van der Waals surface area (Å²) in [4.78, 5) is 0. The van der Waals surface area contributed by atoms with Crippen molar-refractivity contribution < 1.29 is 0 Å². The minimum atomic E-state index is 0.754. The summed E-state index contributed by atoms with van der Waals surface area (Å²) in [5.74, 6) is 0.911. The van der Waals surface area contributed by atoms with Crippen LogP contribution in [0.25, 0.3) is 5.69 Å². The van der Waals surface area contributed by atoms with Gasteiger partial charge in [-0.2, -0.15) is 0 Å². The Morgan fingerprint density at radius 2 is 2.36 bits per heavy atom. The van der Waals surface area contributed by atoms with Crippen LogP contribution in [0.4, 0.5) is 0 Å². The number of hydrogen-bond acceptors (Lipinski definition) is 3. The van der Waals surface area contributed by atoms with Gasteiger partial charge in [0.05, 0.1) is 10.7 Å². The first-order chi connectivity index (χ1) is 6.86. The Kier molecular flexibility index (Phi) is 1.78. The fourth-order valence-corrected chi connectivity index (χ4v) is 2.75. The normalized spacial score (nSPS) is 13.5. The molecule has 0 saturated carbocycles. The maximum absolute atomic E-state index is 6.14. The van der Waals surface area contributed by atoms with Crippen LogP contribution in [0.2, 0.25) is 5.02 Å². The van der Waals surface area contributed by atoms with Crippen molar-refractivity contribution in [3.8, 4) is 5.69 Å². The number of benzene rings is 1. The molecule has 0 radical (unpaired) electrons. The molecule has 3 rings (SSSR count). The lowest BCUT2D eigenvalue weighted by Gasteiger charge is -2.17. The van der Waals surface area contributed by atoms with E-state index in [1.54, 1.807) is 18.1 Å². The van der Waals surface area contributed by atoms with Gasteiger partial charge in [0.1, 0.15) is 6.33 Å². The van der Waals surface area contributed by atoms with E-state index in [1.165, 1.54) is 5.56 Å². The van der Waals surface area contributed by atoms with Crippen LogP contribution in [0.5, 0.6) is 0 Å². The van der Waals surface area contributed by atoms with Gasteiger partial charge in [0, 0.05) is 5.75 Å². The van der Waals surface area contributed by atoms with Crippen LogP contribution in [0.15, 0.2) is 29.7 Å². The summed E-state index contributed by atoms with van der Waals surface area (Å²) >= 11 is 7.82. The summed E-state index contributed by atoms with van der Waals surface area (Å²) in [6.07, 6.45) is 1.70. The molecule has 1 aromatic carbocycles. The number of aromatic nitrogens is 3. The van der Waals surface area contributed by atoms with E-state index in [9.17, 15) is 0 Å². The molecular weight excluding hydrogens is 218 g/mol. The van der Waals surface area contributed by atoms with Gasteiger partial charge in [0.15, 0.2) is 5.16 Å². The molecule has 0 fully saturated rings. The number of thioether (sulfide) groups is 1. The lowest BCUT2D eigenvalue weighted by Crippen LogP contribution is -2.05. The van der Waals surface area contributed by atoms with Crippen molar-refractivity contribution in [3.63, 3.8) is 0 Å². The molecular formula is C9H6ClN3S. The van der Waals surface area contributed by atoms with E-state index >= 15 is 0 Å². The Morgan fingerprint density at radius 1 is 1.43 bits per heavy atom. The molecule has 2 heterocycles. The standard InChI is InChI=1S/C9H6ClN3S/c10-7-3-1-2-6-4-14-9-12-11-5-13(9)8(6)7/h1-3,5H,4H2. The highest BCUT2D eigenvalue weighted by Crippen LogP contribution is 2.35. The van der Waals surface area contributed by atoms with Crippen molar-refractivity contribution in [1.29, 1.82) is 0 Å². The van der Waals surface area contributed by atoms with Crippen molar-refractivity contribution in [2.45, 2.75) is 10.9 Å². The van der Waals surface area contributed by atoms with Crippen LogP contribution in [0.1, 0.15) is 5.56 Å². The number of rotatable bonds is 0. The van der Waals surface area contributed by atoms with Gasteiger partial charge in [0.25, 0.3) is 0 Å². The van der Waals surface area contributed by atoms with Crippen molar-refractivity contribution in [2.75, 3.05) is 0 Å². The molecule has 3 nitrogen and oxygen atoms in total. The second kappa shape index (κ2) is 3.00. The van der Waals surface area contributed by atoms with E-state index < -0.39 is 0 Å². The summed E-state index contributed by atoms with van der Waals surface area (Å²) in [6, 6.07) is 5.94. The number of nitrogens with zero attached hydrogens (tertiary/aromatic N) is 3. The number of fused-ring (bicyclic) bond motifs is 3. The zero-order valence-electron chi connectivity index (χ0n) is 7.14. The van der Waals surface area contributed by atoms with Gasteiger partial charge >= 0.3 is 0 Å². The number of halogens is 1. The molecule has 5 heteroatoms. The molecule has 0 atom stereocenters. The third kappa shape index (κ3) is 1.07. The summed E-state index contributed by atoms with van der Waals surface area (Å²) in [7, 11) is 0. The molecule has 1 aromatic heterocycles. The Balaban J connectivity index is 2.34. The molecule has 2 aromatic rings. The molecule has 0 amide bonds. The predicted octanol–water partition coefficient (Wildman–Crippen LogP) is 2.53. The lowest BCUT2D eigenvalue weighted by molar-refractivity contribution is 0.863. The Hall–Kier alpha value is -1.00. The summed E-state index contributed by atoms with van der Waals surface area (Å²) in [5.41, 5.74) is 2.25. The molecule has 1 aliphatic rings. The molecule has 14 heavy (non-hydrogen) atoms. The van der Waals surface area contributed by atoms with E-state index in [0.29, 0.717) is 0 Å². The smallest absolute Gasteiger partial charge is 0.195 e. The second-order valence-corrected chi connectivity index (χ2v) is 4.37. The number of hydrogen-bond donors (Lipinski definition) is 0. The molecule has 70 valence electrons. The third-order valence-corrected chi connectivity index (χ3v) is 3.48. The van der Waals surface area contributed by atoms with Crippen molar-refractivity contribution in [3.05, 3.63) is 35.1 Å².